The second-order valence-corrected chi connectivity index (χ2v) is 32.7. The van der Waals surface area contributed by atoms with Gasteiger partial charge in [-0.1, -0.05) is 60.1 Å². The molecule has 0 radical (unpaired) electrons. The summed E-state index contributed by atoms with van der Waals surface area (Å²) in [4.78, 5) is 306. The highest BCUT2D eigenvalue weighted by atomic mass is 16.4. The van der Waals surface area contributed by atoms with Crippen molar-refractivity contribution in [1.29, 1.82) is 5.41 Å². The number of carboxylic acids is 5. The van der Waals surface area contributed by atoms with E-state index >= 15 is 0 Å². The lowest BCUT2D eigenvalue weighted by molar-refractivity contribution is -0.143. The van der Waals surface area contributed by atoms with Crippen LogP contribution in [0.5, 0.6) is 5.75 Å². The van der Waals surface area contributed by atoms with Gasteiger partial charge in [-0.15, -0.1) is 0 Å². The number of aliphatic hydroxyl groups is 2. The van der Waals surface area contributed by atoms with Crippen LogP contribution in [0.1, 0.15) is 142 Å². The molecule has 0 aliphatic carbocycles. The van der Waals surface area contributed by atoms with Gasteiger partial charge in [0.05, 0.1) is 69.8 Å². The molecule has 136 heavy (non-hydrogen) atoms. The molecule has 34 N–H and O–H groups in total. The molecule has 0 fully saturated rings. The Morgan fingerprint density at radius 3 is 1.10 bits per heavy atom. The summed E-state index contributed by atoms with van der Waals surface area (Å²) in [6, 6.07) is -24.9. The summed E-state index contributed by atoms with van der Waals surface area (Å²) >= 11 is 0. The van der Waals surface area contributed by atoms with Gasteiger partial charge in [-0.25, -0.2) is 19.7 Å². The van der Waals surface area contributed by atoms with Crippen molar-refractivity contribution in [2.45, 2.75) is 248 Å². The normalized spacial score (nSPS) is 15.1. The Labute approximate surface area is 775 Å². The molecule has 0 saturated carbocycles. The van der Waals surface area contributed by atoms with Gasteiger partial charge in [-0.2, -0.15) is 0 Å². The molecule has 55 nitrogen and oxygen atoms in total. The summed E-state index contributed by atoms with van der Waals surface area (Å²) in [7, 11) is 0. The van der Waals surface area contributed by atoms with Crippen molar-refractivity contribution in [3.05, 3.63) is 84.5 Å². The third kappa shape index (κ3) is 40.0. The zero-order valence-corrected chi connectivity index (χ0v) is 75.4. The number of rotatable bonds is 61. The fourth-order valence-electron chi connectivity index (χ4n) is 13.1. The molecule has 3 aromatic heterocycles. The summed E-state index contributed by atoms with van der Waals surface area (Å²) in [6.07, 6.45) is -2.82. The Morgan fingerprint density at radius 1 is 0.390 bits per heavy atom. The second kappa shape index (κ2) is 55.9. The number of carbonyl (C=O) groups excluding carboxylic acids is 16. The van der Waals surface area contributed by atoms with E-state index in [2.05, 4.69) is 110 Å². The maximum atomic E-state index is 14.7. The van der Waals surface area contributed by atoms with E-state index < -0.39 is 302 Å². The van der Waals surface area contributed by atoms with E-state index in [-0.39, 0.29) is 74.2 Å². The number of aromatic nitrogens is 6. The van der Waals surface area contributed by atoms with Gasteiger partial charge in [0.15, 0.2) is 5.96 Å². The maximum absolute atomic E-state index is 14.7. The van der Waals surface area contributed by atoms with Crippen molar-refractivity contribution in [2.24, 2.45) is 35.0 Å². The third-order valence-electron chi connectivity index (χ3n) is 20.4. The van der Waals surface area contributed by atoms with E-state index in [0.717, 1.165) is 31.6 Å². The molecular formula is C81H120N26O29. The zero-order valence-electron chi connectivity index (χ0n) is 75.4. The van der Waals surface area contributed by atoms with E-state index in [1.807, 2.05) is 5.32 Å². The number of aliphatic hydroxyl groups excluding tert-OH is 2. The van der Waals surface area contributed by atoms with Crippen LogP contribution in [0.25, 0.3) is 0 Å². The van der Waals surface area contributed by atoms with Crippen molar-refractivity contribution in [2.75, 3.05) is 13.2 Å². The highest BCUT2D eigenvalue weighted by Gasteiger charge is 2.42. The number of phenols is 1. The Hall–Kier alpha value is -15.3. The first-order chi connectivity index (χ1) is 63.9. The van der Waals surface area contributed by atoms with E-state index in [0.29, 0.717) is 5.69 Å². The lowest BCUT2D eigenvalue weighted by atomic mass is 9.97. The summed E-state index contributed by atoms with van der Waals surface area (Å²) in [5.74, 6) is -31.0. The van der Waals surface area contributed by atoms with Crippen molar-refractivity contribution < 1.29 is 142 Å². The number of guanidine groups is 1. The van der Waals surface area contributed by atoms with Gasteiger partial charge < -0.3 is 158 Å². The Kier molecular flexibility index (Phi) is 46.4. The number of aromatic amines is 3. The lowest BCUT2D eigenvalue weighted by Crippen LogP contribution is -2.63. The smallest absolute Gasteiger partial charge is 0.326 e. The van der Waals surface area contributed by atoms with Gasteiger partial charge in [0.25, 0.3) is 0 Å². The third-order valence-corrected chi connectivity index (χ3v) is 20.4. The first-order valence-corrected chi connectivity index (χ1v) is 42.6. The van der Waals surface area contributed by atoms with Crippen LogP contribution >= 0.6 is 0 Å². The average Bonchev–Trinajstić information content (AvgIpc) is 1.08. The summed E-state index contributed by atoms with van der Waals surface area (Å²) < 4.78 is 0. The predicted octanol–water partition coefficient (Wildman–Crippen LogP) is -9.92. The molecular weight excluding hydrogens is 1800 g/mol. The number of primary amides is 1. The second-order valence-electron chi connectivity index (χ2n) is 32.7. The monoisotopic (exact) mass is 1920 g/mol. The number of carboxylic acid groups (broad SMARTS) is 5. The zero-order chi connectivity index (χ0) is 102. The highest BCUT2D eigenvalue weighted by Crippen LogP contribution is 2.18. The van der Waals surface area contributed by atoms with Gasteiger partial charge >= 0.3 is 29.8 Å². The lowest BCUT2D eigenvalue weighted by Gasteiger charge is -2.29. The van der Waals surface area contributed by atoms with Crippen LogP contribution in [-0.4, -0.2) is 317 Å². The van der Waals surface area contributed by atoms with Gasteiger partial charge in [0.2, 0.25) is 94.5 Å². The van der Waals surface area contributed by atoms with Gasteiger partial charge in [0.1, 0.15) is 96.4 Å². The molecule has 1 aromatic carbocycles. The molecule has 0 spiro atoms. The molecule has 4 aromatic rings. The number of nitrogens with zero attached hydrogens (tertiary/aromatic N) is 3. The molecule has 748 valence electrons. The Morgan fingerprint density at radius 2 is 0.721 bits per heavy atom. The minimum atomic E-state index is -2.27. The number of phenolic OH excluding ortho intramolecular Hbond substituents is 1. The average molecular weight is 1920 g/mol. The van der Waals surface area contributed by atoms with Crippen LogP contribution in [0.15, 0.2) is 61.8 Å². The van der Waals surface area contributed by atoms with Gasteiger partial charge in [0, 0.05) is 67.9 Å². The Balaban J connectivity index is 1.60. The van der Waals surface area contributed by atoms with Crippen LogP contribution in [0.4, 0.5) is 0 Å². The molecule has 4 rings (SSSR count). The van der Waals surface area contributed by atoms with E-state index in [9.17, 15) is 142 Å². The van der Waals surface area contributed by atoms with Crippen molar-refractivity contribution in [1.82, 2.24) is 115 Å². The van der Waals surface area contributed by atoms with E-state index in [1.165, 1.54) is 58.0 Å². The van der Waals surface area contributed by atoms with Crippen molar-refractivity contribution >= 4 is 130 Å². The van der Waals surface area contributed by atoms with Crippen LogP contribution < -0.4 is 102 Å². The number of benzene rings is 1. The van der Waals surface area contributed by atoms with Crippen LogP contribution in [0.2, 0.25) is 0 Å². The summed E-state index contributed by atoms with van der Waals surface area (Å²) in [5.41, 5.74) is 17.5. The topological polar surface area (TPSA) is 901 Å². The van der Waals surface area contributed by atoms with Crippen molar-refractivity contribution in [3.8, 4) is 5.75 Å². The first-order valence-electron chi connectivity index (χ1n) is 42.6. The number of imidazole rings is 3. The largest absolute Gasteiger partial charge is 0.508 e. The minimum absolute atomic E-state index is 0.0607. The van der Waals surface area contributed by atoms with E-state index in [1.54, 1.807) is 27.7 Å². The SMILES string of the molecule is CC[C@H](C)[C@H](NC(=O)[C@H](C)NC(=O)[C@H](CCCNC(=N)N)NC(=O)[C@H](CC(=O)O)NC(=O)[C@H](Cc1cnc[nH]1)NC(=O)[C@H](CC(=O)O)NC(=O)[C@H](CC(C)C)NC(=O)[C@@H](NC(=O)[C@H](Cc1ccc(O)cc1)NC(=O)[C@H](CC(N)=O)NC(=O)[C@H](CC(=O)O)NC(=O)[C@H](CO)NC(=O)[C@H](CC(C)C)NC(=O)[C@H](Cc1cnc[nH]1)NC(=O)[C@@H](N)CC(=O)O)[C@@H](C)O)C(=O)N[C@@H](Cc1cnc[nH]1)C(=O)O. The molecule has 55 heteroatoms. The highest BCUT2D eigenvalue weighted by molar-refractivity contribution is 6.03. The molecule has 18 atom stereocenters. The van der Waals surface area contributed by atoms with Crippen LogP contribution in [0.3, 0.4) is 0 Å². The number of hydrogen-bond acceptors (Lipinski definition) is 29. The molecule has 0 unspecified atom stereocenters. The van der Waals surface area contributed by atoms with Crippen LogP contribution in [-0.2, 0) is 126 Å². The number of nitrogens with one attached hydrogen (secondary N) is 20. The van der Waals surface area contributed by atoms with Crippen molar-refractivity contribution in [3.63, 3.8) is 0 Å². The number of hydrogen-bond donors (Lipinski definition) is 31. The number of H-pyrrole nitrogens is 3. The standard InChI is InChI=1S/C81H120N26O29/c1-9-37(6)63(78(133)104-56(80(135)136)22-43-30-88-34-92-43)106-65(120)38(7)93-67(122)46(11-10-16-89-81(84)85)94-73(128)53(25-60(114)115)101-71(126)51(21-42-29-87-33-91-42)98-74(129)54(26-61(116)117)100-68(123)48(18-36(4)5)103-79(134)64(39(8)109)107-76(131)49(19-40-12-14-44(110)15-13-40)97-72(127)52(24-58(83)111)99-75(130)55(27-62(118)119)102-77(132)57(31-108)105-69(124)47(17-35(2)3)96-70(125)50(20-41-28-86-32-90-41)95-66(121)45(82)23-59(112)113/h12-15,28-30,32-39,45-57,63-64,108-110H,9-11,16-27,31,82H2,1-8H3,(H2,83,111)(H,86,90)(H,87,91)(H,88,92)(H,93,122)(H,94,128)(H,95,121)(H,96,125)(H,97,127)(H,98,129)(H,99,130)(H,100,123)(H,101,126)(H,102,132)(H,103,134)(H,104,133)(H,105,124)(H,106,120)(H,107,131)(H,112,113)(H,114,115)(H,116,117)(H,118,119)(H,135,136)(H4,84,85,89)/t37-,38-,39+,45-,46-,47-,48-,49-,50-,51-,52-,53-,54-,55-,56-,57-,63-,64-/m0/s1. The molecule has 0 aliphatic heterocycles. The molecule has 0 bridgehead atoms. The minimum Gasteiger partial charge on any atom is -0.508 e. The fraction of sp³-hybridized carbons (Fsp3) is 0.543. The maximum Gasteiger partial charge on any atom is 0.326 e. The van der Waals surface area contributed by atoms with E-state index in [4.69, 9.17) is 22.6 Å². The quantitative estimate of drug-likeness (QED) is 0.0111. The number of aromatic hydroxyl groups is 1. The number of aliphatic carboxylic acids is 5. The van der Waals surface area contributed by atoms with Gasteiger partial charge in [-0.05, 0) is 75.0 Å². The number of carbonyl (C=O) groups is 21. The molecule has 0 aliphatic rings. The molecule has 16 amide bonds. The molecule has 0 saturated heterocycles. The first kappa shape index (κ1) is 113. The summed E-state index contributed by atoms with van der Waals surface area (Å²) in [6.45, 7) is 10.4. The van der Waals surface area contributed by atoms with Gasteiger partial charge in [-0.3, -0.25) is 101 Å². The summed E-state index contributed by atoms with van der Waals surface area (Å²) in [5, 5.41) is 125. The molecule has 3 heterocycles. The Bertz CT molecular complexity index is 4810. The number of amides is 16. The predicted molar refractivity (Wildman–Crippen MR) is 468 cm³/mol. The number of nitrogens with two attached hydrogens (primary N) is 3. The van der Waals surface area contributed by atoms with Crippen LogP contribution in [0, 0.1) is 23.2 Å². The fourth-order valence-corrected chi connectivity index (χ4v) is 13.1.